The number of terminal acetylenes is 1. The minimum Gasteiger partial charge on any atom is -0.444 e. The average molecular weight is 574 g/mol. The van der Waals surface area contributed by atoms with Crippen molar-refractivity contribution in [1.29, 1.82) is 0 Å². The first kappa shape index (κ1) is 37.9. The second-order valence-corrected chi connectivity index (χ2v) is 11.2. The van der Waals surface area contributed by atoms with Gasteiger partial charge in [0.05, 0.1) is 46.2 Å². The molecule has 0 saturated heterocycles. The van der Waals surface area contributed by atoms with Gasteiger partial charge in [-0.2, -0.15) is 0 Å². The fraction of sp³-hybridized carbons (Fsp3) is 0.862. The van der Waals surface area contributed by atoms with Crippen molar-refractivity contribution in [2.75, 3.05) is 85.6 Å². The standard InChI is InChI=1S/C29H55N3O8/c1-8-18-35-20-22-37-24-25-38-23-21-36-19-17-32(15-11-9-13-30-26(33)39-28(2,3)4)16-12-10-14-31-27(34)40-29(5,6)7/h1H,9-25H2,2-7H3,(H,30,33)(H,31,34). The lowest BCUT2D eigenvalue weighted by atomic mass is 10.2. The second kappa shape index (κ2) is 23.6. The average Bonchev–Trinajstić information content (AvgIpc) is 2.83. The Balaban J connectivity index is 4.14. The largest absolute Gasteiger partial charge is 0.444 e. The molecule has 0 saturated carbocycles. The fourth-order valence-electron chi connectivity index (χ4n) is 3.25. The number of carbonyl (C=O) groups is 2. The van der Waals surface area contributed by atoms with E-state index in [4.69, 9.17) is 34.8 Å². The number of ether oxygens (including phenoxy) is 6. The lowest BCUT2D eigenvalue weighted by Crippen LogP contribution is -2.34. The SMILES string of the molecule is C#CCOCCOCCOCCOCCN(CCCCNC(=O)OC(C)(C)C)CCCCNC(=O)OC(C)(C)C. The number of nitrogens with zero attached hydrogens (tertiary/aromatic N) is 1. The molecule has 0 heterocycles. The highest BCUT2D eigenvalue weighted by molar-refractivity contribution is 5.67. The van der Waals surface area contributed by atoms with Crippen LogP contribution in [0.1, 0.15) is 67.2 Å². The van der Waals surface area contributed by atoms with Gasteiger partial charge < -0.3 is 44.0 Å². The maximum absolute atomic E-state index is 11.8. The molecule has 40 heavy (non-hydrogen) atoms. The maximum Gasteiger partial charge on any atom is 0.407 e. The normalized spacial score (nSPS) is 11.8. The molecule has 0 radical (unpaired) electrons. The van der Waals surface area contributed by atoms with E-state index in [-0.39, 0.29) is 0 Å². The van der Waals surface area contributed by atoms with Crippen LogP contribution in [0.3, 0.4) is 0 Å². The van der Waals surface area contributed by atoms with Crippen LogP contribution in [0.15, 0.2) is 0 Å². The monoisotopic (exact) mass is 573 g/mol. The van der Waals surface area contributed by atoms with Crippen LogP contribution in [-0.4, -0.2) is 114 Å². The van der Waals surface area contributed by atoms with Crippen molar-refractivity contribution in [3.8, 4) is 12.3 Å². The van der Waals surface area contributed by atoms with Crippen LogP contribution < -0.4 is 10.6 Å². The molecule has 0 aromatic heterocycles. The molecule has 0 aromatic carbocycles. The van der Waals surface area contributed by atoms with Crippen molar-refractivity contribution >= 4 is 12.2 Å². The van der Waals surface area contributed by atoms with Crippen molar-refractivity contribution in [3.63, 3.8) is 0 Å². The molecule has 234 valence electrons. The number of unbranched alkanes of at least 4 members (excludes halogenated alkanes) is 2. The van der Waals surface area contributed by atoms with Gasteiger partial charge in [0, 0.05) is 19.6 Å². The van der Waals surface area contributed by atoms with Crippen molar-refractivity contribution < 1.29 is 38.0 Å². The highest BCUT2D eigenvalue weighted by atomic mass is 16.6. The summed E-state index contributed by atoms with van der Waals surface area (Å²) in [5, 5.41) is 5.61. The number of hydrogen-bond donors (Lipinski definition) is 2. The Bertz CT molecular complexity index is 648. The van der Waals surface area contributed by atoms with Crippen LogP contribution in [0.4, 0.5) is 9.59 Å². The molecule has 11 nitrogen and oxygen atoms in total. The first-order valence-electron chi connectivity index (χ1n) is 14.3. The number of amides is 2. The second-order valence-electron chi connectivity index (χ2n) is 11.2. The summed E-state index contributed by atoms with van der Waals surface area (Å²) in [6, 6.07) is 0. The fourth-order valence-corrected chi connectivity index (χ4v) is 3.25. The van der Waals surface area contributed by atoms with E-state index in [1.807, 2.05) is 41.5 Å². The minimum absolute atomic E-state index is 0.297. The van der Waals surface area contributed by atoms with E-state index < -0.39 is 23.4 Å². The van der Waals surface area contributed by atoms with Gasteiger partial charge in [-0.1, -0.05) is 5.92 Å². The van der Waals surface area contributed by atoms with Gasteiger partial charge in [0.1, 0.15) is 17.8 Å². The molecule has 0 rings (SSSR count). The van der Waals surface area contributed by atoms with Crippen LogP contribution in [0.25, 0.3) is 0 Å². The molecule has 0 fully saturated rings. The third-order valence-electron chi connectivity index (χ3n) is 4.99. The lowest BCUT2D eigenvalue weighted by molar-refractivity contribution is -0.00115. The molecule has 0 bridgehead atoms. The highest BCUT2D eigenvalue weighted by Crippen LogP contribution is 2.07. The molecule has 0 spiro atoms. The van der Waals surface area contributed by atoms with Crippen molar-refractivity contribution in [3.05, 3.63) is 0 Å². The maximum atomic E-state index is 11.8. The summed E-state index contributed by atoms with van der Waals surface area (Å²) in [5.41, 5.74) is -1.01. The van der Waals surface area contributed by atoms with Crippen molar-refractivity contribution in [2.45, 2.75) is 78.4 Å². The summed E-state index contributed by atoms with van der Waals surface area (Å²) in [6.07, 6.45) is 7.89. The molecule has 0 unspecified atom stereocenters. The van der Waals surface area contributed by atoms with Gasteiger partial charge in [0.25, 0.3) is 0 Å². The molecular formula is C29H55N3O8. The summed E-state index contributed by atoms with van der Waals surface area (Å²) in [7, 11) is 0. The van der Waals surface area contributed by atoms with Gasteiger partial charge >= 0.3 is 12.2 Å². The Morgan fingerprint density at radius 1 is 0.625 bits per heavy atom. The first-order chi connectivity index (χ1) is 18.9. The van der Waals surface area contributed by atoms with Crippen LogP contribution in [0.5, 0.6) is 0 Å². The Kier molecular flexibility index (Phi) is 22.4. The van der Waals surface area contributed by atoms with Crippen LogP contribution >= 0.6 is 0 Å². The molecule has 0 aliphatic rings. The number of rotatable bonds is 23. The van der Waals surface area contributed by atoms with E-state index in [0.717, 1.165) is 45.3 Å². The van der Waals surface area contributed by atoms with Crippen LogP contribution in [-0.2, 0) is 28.4 Å². The zero-order valence-electron chi connectivity index (χ0n) is 25.8. The summed E-state index contributed by atoms with van der Waals surface area (Å²) in [6.45, 7) is 18.6. The topological polar surface area (TPSA) is 117 Å². The summed E-state index contributed by atoms with van der Waals surface area (Å²) in [5.74, 6) is 2.40. The first-order valence-corrected chi connectivity index (χ1v) is 14.3. The molecule has 0 atom stereocenters. The van der Waals surface area contributed by atoms with E-state index in [9.17, 15) is 9.59 Å². The van der Waals surface area contributed by atoms with E-state index >= 15 is 0 Å². The van der Waals surface area contributed by atoms with E-state index in [1.54, 1.807) is 0 Å². The van der Waals surface area contributed by atoms with Crippen LogP contribution in [0, 0.1) is 12.3 Å². The van der Waals surface area contributed by atoms with E-state index in [2.05, 4.69) is 21.5 Å². The Hall–Kier alpha value is -2.10. The highest BCUT2D eigenvalue weighted by Gasteiger charge is 2.16. The van der Waals surface area contributed by atoms with Gasteiger partial charge in [-0.05, 0) is 80.3 Å². The van der Waals surface area contributed by atoms with Gasteiger partial charge in [0.2, 0.25) is 0 Å². The molecule has 2 amide bonds. The molecule has 0 aromatic rings. The summed E-state index contributed by atoms with van der Waals surface area (Å²) >= 11 is 0. The van der Waals surface area contributed by atoms with Crippen molar-refractivity contribution in [1.82, 2.24) is 15.5 Å². The van der Waals surface area contributed by atoms with E-state index in [1.165, 1.54) is 0 Å². The Morgan fingerprint density at radius 2 is 1.02 bits per heavy atom. The molecule has 0 aliphatic carbocycles. The number of hydrogen-bond acceptors (Lipinski definition) is 9. The van der Waals surface area contributed by atoms with Crippen molar-refractivity contribution in [2.24, 2.45) is 0 Å². The predicted octanol–water partition coefficient (Wildman–Crippen LogP) is 3.60. The minimum atomic E-state index is -0.504. The zero-order chi connectivity index (χ0) is 30.1. The summed E-state index contributed by atoms with van der Waals surface area (Å²) in [4.78, 5) is 26.0. The zero-order valence-corrected chi connectivity index (χ0v) is 25.8. The van der Waals surface area contributed by atoms with Gasteiger partial charge in [-0.3, -0.25) is 0 Å². The van der Waals surface area contributed by atoms with Gasteiger partial charge in [0.15, 0.2) is 0 Å². The lowest BCUT2D eigenvalue weighted by Gasteiger charge is -2.23. The van der Waals surface area contributed by atoms with Gasteiger partial charge in [-0.15, -0.1) is 6.42 Å². The third kappa shape index (κ3) is 28.9. The molecule has 11 heteroatoms. The number of alkyl carbamates (subject to hydrolysis) is 2. The third-order valence-corrected chi connectivity index (χ3v) is 4.99. The molecule has 0 aliphatic heterocycles. The summed E-state index contributed by atoms with van der Waals surface area (Å²) < 4.78 is 32.3. The Labute approximate surface area is 242 Å². The number of carbonyl (C=O) groups excluding carboxylic acids is 2. The Morgan fingerprint density at radius 3 is 1.43 bits per heavy atom. The molecule has 2 N–H and O–H groups in total. The predicted molar refractivity (Wildman–Crippen MR) is 155 cm³/mol. The van der Waals surface area contributed by atoms with Gasteiger partial charge in [-0.25, -0.2) is 9.59 Å². The smallest absolute Gasteiger partial charge is 0.407 e. The quantitative estimate of drug-likeness (QED) is 0.140. The molecular weight excluding hydrogens is 518 g/mol. The van der Waals surface area contributed by atoms with Crippen LogP contribution in [0.2, 0.25) is 0 Å². The van der Waals surface area contributed by atoms with E-state index in [0.29, 0.717) is 65.9 Å². The number of nitrogens with one attached hydrogen (secondary N) is 2.